The highest BCUT2D eigenvalue weighted by molar-refractivity contribution is 5.31. The summed E-state index contributed by atoms with van der Waals surface area (Å²) in [5.41, 5.74) is 3.92. The maximum Gasteiger partial charge on any atom is 0.167 e. The lowest BCUT2D eigenvalue weighted by molar-refractivity contribution is 0.460. The van der Waals surface area contributed by atoms with Gasteiger partial charge in [-0.1, -0.05) is 18.2 Å². The van der Waals surface area contributed by atoms with Gasteiger partial charge in [-0.2, -0.15) is 0 Å². The van der Waals surface area contributed by atoms with Crippen LogP contribution < -0.4 is 5.32 Å². The van der Waals surface area contributed by atoms with Gasteiger partial charge in [-0.3, -0.25) is 0 Å². The first-order valence-electron chi connectivity index (χ1n) is 6.54. The summed E-state index contributed by atoms with van der Waals surface area (Å²) < 4.78 is 1.70. The molecule has 2 atom stereocenters. The summed E-state index contributed by atoms with van der Waals surface area (Å²) >= 11 is 0. The molecule has 1 N–H and O–H groups in total. The van der Waals surface area contributed by atoms with Crippen molar-refractivity contribution in [1.29, 1.82) is 0 Å². The Labute approximate surface area is 114 Å². The van der Waals surface area contributed by atoms with Crippen molar-refractivity contribution < 1.29 is 0 Å². The Morgan fingerprint density at radius 2 is 1.84 bits per heavy atom. The predicted molar refractivity (Wildman–Crippen MR) is 74.7 cm³/mol. The summed E-state index contributed by atoms with van der Waals surface area (Å²) in [5, 5.41) is 15.1. The summed E-state index contributed by atoms with van der Waals surface area (Å²) in [6.07, 6.45) is 0. The first kappa shape index (κ1) is 13.7. The Hall–Kier alpha value is -1.75. The molecule has 0 radical (unpaired) electrons. The molecular weight excluding hydrogens is 238 g/mol. The van der Waals surface area contributed by atoms with Gasteiger partial charge < -0.3 is 5.32 Å². The van der Waals surface area contributed by atoms with Gasteiger partial charge in [-0.05, 0) is 54.8 Å². The Morgan fingerprint density at radius 1 is 1.11 bits per heavy atom. The monoisotopic (exact) mass is 259 g/mol. The molecule has 0 unspecified atom stereocenters. The summed E-state index contributed by atoms with van der Waals surface area (Å²) in [5.74, 6) is 0.843. The molecule has 102 valence electrons. The van der Waals surface area contributed by atoms with E-state index >= 15 is 0 Å². The van der Waals surface area contributed by atoms with Crippen molar-refractivity contribution in [3.05, 3.63) is 40.7 Å². The van der Waals surface area contributed by atoms with E-state index in [0.717, 1.165) is 5.82 Å². The zero-order valence-corrected chi connectivity index (χ0v) is 12.2. The van der Waals surface area contributed by atoms with Crippen LogP contribution >= 0.6 is 0 Å². The van der Waals surface area contributed by atoms with E-state index < -0.39 is 0 Å². The number of nitrogens with zero attached hydrogens (tertiary/aromatic N) is 4. The van der Waals surface area contributed by atoms with Gasteiger partial charge in [0.15, 0.2) is 5.82 Å². The predicted octanol–water partition coefficient (Wildman–Crippen LogP) is 2.24. The third-order valence-electron chi connectivity index (χ3n) is 3.57. The third-order valence-corrected chi connectivity index (χ3v) is 3.57. The topological polar surface area (TPSA) is 55.6 Å². The minimum absolute atomic E-state index is 0.108. The van der Waals surface area contributed by atoms with Crippen LogP contribution in [0.5, 0.6) is 0 Å². The molecule has 0 fully saturated rings. The minimum atomic E-state index is 0.108. The van der Waals surface area contributed by atoms with E-state index in [2.05, 4.69) is 66.7 Å². The summed E-state index contributed by atoms with van der Waals surface area (Å²) in [6.45, 7) is 8.50. The molecule has 5 heteroatoms. The molecule has 0 saturated heterocycles. The molecule has 2 aromatic rings. The van der Waals surface area contributed by atoms with Crippen LogP contribution in [-0.4, -0.2) is 20.2 Å². The normalized spacial score (nSPS) is 14.4. The van der Waals surface area contributed by atoms with Gasteiger partial charge in [0, 0.05) is 13.1 Å². The number of rotatable bonds is 4. The molecule has 0 spiro atoms. The number of benzene rings is 1. The highest BCUT2D eigenvalue weighted by Crippen LogP contribution is 2.20. The van der Waals surface area contributed by atoms with Gasteiger partial charge in [-0.25, -0.2) is 4.68 Å². The lowest BCUT2D eigenvalue weighted by Crippen LogP contribution is -2.25. The number of hydrogen-bond acceptors (Lipinski definition) is 4. The fraction of sp³-hybridized carbons (Fsp3) is 0.500. The fourth-order valence-electron chi connectivity index (χ4n) is 2.18. The van der Waals surface area contributed by atoms with E-state index in [4.69, 9.17) is 0 Å². The van der Waals surface area contributed by atoms with Crippen LogP contribution in [0.3, 0.4) is 0 Å². The third kappa shape index (κ3) is 2.98. The highest BCUT2D eigenvalue weighted by atomic mass is 15.5. The quantitative estimate of drug-likeness (QED) is 0.915. The molecule has 1 aromatic carbocycles. The van der Waals surface area contributed by atoms with E-state index in [1.165, 1.54) is 16.7 Å². The van der Waals surface area contributed by atoms with Crippen molar-refractivity contribution >= 4 is 0 Å². The van der Waals surface area contributed by atoms with Gasteiger partial charge >= 0.3 is 0 Å². The van der Waals surface area contributed by atoms with Crippen molar-refractivity contribution in [3.63, 3.8) is 0 Å². The highest BCUT2D eigenvalue weighted by Gasteiger charge is 2.16. The molecule has 0 saturated carbocycles. The van der Waals surface area contributed by atoms with Crippen LogP contribution in [0.25, 0.3) is 0 Å². The van der Waals surface area contributed by atoms with E-state index in [1.807, 2.05) is 7.05 Å². The van der Waals surface area contributed by atoms with Gasteiger partial charge in [0.05, 0.1) is 6.04 Å². The molecule has 19 heavy (non-hydrogen) atoms. The minimum Gasteiger partial charge on any atom is -0.301 e. The maximum absolute atomic E-state index is 4.03. The first-order chi connectivity index (χ1) is 8.99. The Morgan fingerprint density at radius 3 is 2.42 bits per heavy atom. The second kappa shape index (κ2) is 5.48. The van der Waals surface area contributed by atoms with E-state index in [9.17, 15) is 0 Å². The number of aromatic nitrogens is 4. The number of tetrazole rings is 1. The molecule has 0 amide bonds. The average molecular weight is 259 g/mol. The largest absolute Gasteiger partial charge is 0.301 e. The lowest BCUT2D eigenvalue weighted by Gasteiger charge is -2.20. The van der Waals surface area contributed by atoms with Crippen LogP contribution in [0.4, 0.5) is 0 Å². The molecule has 5 nitrogen and oxygen atoms in total. The Balaban J connectivity index is 2.10. The molecular formula is C14H21N5. The van der Waals surface area contributed by atoms with E-state index in [0.29, 0.717) is 0 Å². The molecule has 0 aliphatic heterocycles. The van der Waals surface area contributed by atoms with Crippen LogP contribution in [0.2, 0.25) is 0 Å². The average Bonchev–Trinajstić information content (AvgIpc) is 2.79. The second-order valence-corrected chi connectivity index (χ2v) is 5.11. The van der Waals surface area contributed by atoms with E-state index in [1.54, 1.807) is 4.68 Å². The fourth-order valence-corrected chi connectivity index (χ4v) is 2.18. The number of hydrogen-bond donors (Lipinski definition) is 1. The Kier molecular flexibility index (Phi) is 3.95. The summed E-state index contributed by atoms with van der Waals surface area (Å²) in [4.78, 5) is 0. The maximum atomic E-state index is 4.03. The van der Waals surface area contributed by atoms with Crippen LogP contribution in [0.15, 0.2) is 18.2 Å². The zero-order chi connectivity index (χ0) is 14.0. The van der Waals surface area contributed by atoms with Gasteiger partial charge in [0.1, 0.15) is 0 Å². The van der Waals surface area contributed by atoms with Crippen molar-refractivity contribution in [2.75, 3.05) is 0 Å². The van der Waals surface area contributed by atoms with Gasteiger partial charge in [-0.15, -0.1) is 5.10 Å². The molecule has 1 heterocycles. The molecule has 0 aliphatic carbocycles. The van der Waals surface area contributed by atoms with Gasteiger partial charge in [0.25, 0.3) is 0 Å². The first-order valence-corrected chi connectivity index (χ1v) is 6.54. The standard InChI is InChI=1S/C14H21N5/c1-9-6-7-13(8-10(9)2)11(3)15-12(4)14-16-17-18-19(14)5/h6-8,11-12,15H,1-5H3/t11-,12+/m0/s1. The van der Waals surface area contributed by atoms with Crippen molar-refractivity contribution in [2.24, 2.45) is 7.05 Å². The number of nitrogens with one attached hydrogen (secondary N) is 1. The SMILES string of the molecule is Cc1ccc([C@H](C)N[C@H](C)c2nnnn2C)cc1C. The van der Waals surface area contributed by atoms with Crippen molar-refractivity contribution in [2.45, 2.75) is 39.8 Å². The zero-order valence-electron chi connectivity index (χ0n) is 12.2. The molecule has 2 rings (SSSR count). The second-order valence-electron chi connectivity index (χ2n) is 5.11. The molecule has 0 bridgehead atoms. The molecule has 0 aliphatic rings. The Bertz CT molecular complexity index is 561. The molecule has 1 aromatic heterocycles. The lowest BCUT2D eigenvalue weighted by atomic mass is 10.0. The number of aryl methyl sites for hydroxylation is 3. The van der Waals surface area contributed by atoms with Crippen molar-refractivity contribution in [1.82, 2.24) is 25.5 Å². The summed E-state index contributed by atoms with van der Waals surface area (Å²) in [7, 11) is 1.86. The van der Waals surface area contributed by atoms with Crippen LogP contribution in [-0.2, 0) is 7.05 Å². The summed E-state index contributed by atoms with van der Waals surface area (Å²) in [6, 6.07) is 6.93. The van der Waals surface area contributed by atoms with Gasteiger partial charge in [0.2, 0.25) is 0 Å². The smallest absolute Gasteiger partial charge is 0.167 e. The van der Waals surface area contributed by atoms with Crippen molar-refractivity contribution in [3.8, 4) is 0 Å². The van der Waals surface area contributed by atoms with Crippen LogP contribution in [0, 0.1) is 13.8 Å². The van der Waals surface area contributed by atoms with E-state index in [-0.39, 0.29) is 12.1 Å². The van der Waals surface area contributed by atoms with Crippen LogP contribution in [0.1, 0.15) is 48.4 Å².